The maximum absolute atomic E-state index is 6.20. The van der Waals surface area contributed by atoms with Gasteiger partial charge in [0.2, 0.25) is 0 Å². The molecule has 0 aromatic rings. The van der Waals surface area contributed by atoms with E-state index >= 15 is 0 Å². The normalized spacial score (nSPS) is 24.9. The van der Waals surface area contributed by atoms with Crippen LogP contribution in [0.5, 0.6) is 0 Å². The second-order valence-corrected chi connectivity index (χ2v) is 15.4. The van der Waals surface area contributed by atoms with E-state index in [2.05, 4.69) is 13.1 Å². The van der Waals surface area contributed by atoms with Crippen molar-refractivity contribution in [3.8, 4) is 0 Å². The van der Waals surface area contributed by atoms with Crippen LogP contribution in [0.25, 0.3) is 0 Å². The number of hydrogen-bond donors (Lipinski definition) is 0. The van der Waals surface area contributed by atoms with Crippen molar-refractivity contribution in [3.05, 3.63) is 0 Å². The molecule has 2 nitrogen and oxygen atoms in total. The van der Waals surface area contributed by atoms with Gasteiger partial charge in [0.05, 0.1) is 0 Å². The van der Waals surface area contributed by atoms with Crippen molar-refractivity contribution < 1.29 is 8.85 Å². The third kappa shape index (κ3) is 5.33. The molecule has 0 aromatic heterocycles. The van der Waals surface area contributed by atoms with Gasteiger partial charge in [0, 0.05) is 13.2 Å². The zero-order chi connectivity index (χ0) is 13.6. The number of hydrogen-bond acceptors (Lipinski definition) is 2. The van der Waals surface area contributed by atoms with Gasteiger partial charge in [-0.05, 0) is 56.5 Å². The van der Waals surface area contributed by atoms with Crippen LogP contribution >= 0.6 is 0 Å². The highest BCUT2D eigenvalue weighted by Crippen LogP contribution is 2.31. The van der Waals surface area contributed by atoms with Gasteiger partial charge in [0.1, 0.15) is 0 Å². The second-order valence-electron chi connectivity index (χ2n) is 7.07. The molecule has 2 fully saturated rings. The molecular formula is C15H32O2Si2. The molecular weight excluding hydrogens is 268 g/mol. The van der Waals surface area contributed by atoms with Crippen LogP contribution in [-0.2, 0) is 8.85 Å². The lowest BCUT2D eigenvalue weighted by Gasteiger charge is -2.22. The lowest BCUT2D eigenvalue weighted by molar-refractivity contribution is 0.269. The van der Waals surface area contributed by atoms with E-state index in [1.54, 1.807) is 0 Å². The Labute approximate surface area is 121 Å². The summed E-state index contributed by atoms with van der Waals surface area (Å²) in [6, 6.07) is 5.61. The van der Waals surface area contributed by atoms with E-state index in [9.17, 15) is 0 Å². The van der Waals surface area contributed by atoms with Gasteiger partial charge >= 0.3 is 0 Å². The largest absolute Gasteiger partial charge is 0.417 e. The highest BCUT2D eigenvalue weighted by Gasteiger charge is 2.33. The van der Waals surface area contributed by atoms with Gasteiger partial charge in [0.15, 0.2) is 16.6 Å². The molecule has 19 heavy (non-hydrogen) atoms. The average Bonchev–Trinajstić information content (AvgIpc) is 2.98. The molecule has 0 saturated carbocycles. The first kappa shape index (κ1) is 15.7. The molecule has 0 unspecified atom stereocenters. The van der Waals surface area contributed by atoms with Gasteiger partial charge in [-0.3, -0.25) is 0 Å². The monoisotopic (exact) mass is 300 g/mol. The molecule has 2 rings (SSSR count). The van der Waals surface area contributed by atoms with Crippen molar-refractivity contribution in [1.29, 1.82) is 0 Å². The molecule has 2 aliphatic rings. The third-order valence-corrected chi connectivity index (χ3v) is 12.5. The molecule has 0 radical (unpaired) electrons. The molecule has 0 aliphatic carbocycles. The Morgan fingerprint density at radius 2 is 1.00 bits per heavy atom. The molecule has 0 spiro atoms. The van der Waals surface area contributed by atoms with Crippen molar-refractivity contribution in [1.82, 2.24) is 0 Å². The van der Waals surface area contributed by atoms with Gasteiger partial charge in [0.25, 0.3) is 0 Å². The predicted molar refractivity (Wildman–Crippen MR) is 86.7 cm³/mol. The Balaban J connectivity index is 1.44. The maximum Gasteiger partial charge on any atom is 0.189 e. The van der Waals surface area contributed by atoms with Crippen molar-refractivity contribution in [2.24, 2.45) is 0 Å². The van der Waals surface area contributed by atoms with Crippen LogP contribution < -0.4 is 0 Å². The Morgan fingerprint density at radius 3 is 1.37 bits per heavy atom. The van der Waals surface area contributed by atoms with Crippen LogP contribution in [0.1, 0.15) is 44.9 Å². The number of unbranched alkanes of at least 4 members (excludes halogenated alkanes) is 2. The summed E-state index contributed by atoms with van der Waals surface area (Å²) < 4.78 is 12.4. The molecule has 2 heterocycles. The third-order valence-electron chi connectivity index (χ3n) is 5.01. The van der Waals surface area contributed by atoms with Gasteiger partial charge in [-0.15, -0.1) is 0 Å². The van der Waals surface area contributed by atoms with Gasteiger partial charge < -0.3 is 8.85 Å². The first-order valence-electron chi connectivity index (χ1n) is 8.40. The van der Waals surface area contributed by atoms with Crippen LogP contribution in [0.3, 0.4) is 0 Å². The molecule has 0 bridgehead atoms. The van der Waals surface area contributed by atoms with Crippen molar-refractivity contribution in [2.45, 2.75) is 82.2 Å². The fraction of sp³-hybridized carbons (Fsp3) is 1.00. The minimum atomic E-state index is -1.21. The minimum absolute atomic E-state index is 1.01. The Morgan fingerprint density at radius 1 is 0.632 bits per heavy atom. The zero-order valence-corrected chi connectivity index (χ0v) is 15.0. The van der Waals surface area contributed by atoms with Gasteiger partial charge in [-0.2, -0.15) is 0 Å². The van der Waals surface area contributed by atoms with Gasteiger partial charge in [-0.1, -0.05) is 25.7 Å². The summed E-state index contributed by atoms with van der Waals surface area (Å²) >= 11 is 0. The summed E-state index contributed by atoms with van der Waals surface area (Å²) in [6.45, 7) is 6.88. The Bertz CT molecular complexity index is 233. The molecule has 2 aliphatic heterocycles. The first-order chi connectivity index (χ1) is 9.12. The maximum atomic E-state index is 6.20. The second kappa shape index (κ2) is 7.39. The topological polar surface area (TPSA) is 18.5 Å². The van der Waals surface area contributed by atoms with E-state index in [0.29, 0.717) is 0 Å². The van der Waals surface area contributed by atoms with E-state index in [-0.39, 0.29) is 0 Å². The van der Waals surface area contributed by atoms with Crippen molar-refractivity contribution >= 4 is 16.6 Å². The SMILES string of the molecule is C[Si]1(OCCCCCO[Si]2(C)CCCC2)CCCC1. The van der Waals surface area contributed by atoms with Crippen LogP contribution in [-0.4, -0.2) is 29.8 Å². The van der Waals surface area contributed by atoms with Gasteiger partial charge in [-0.25, -0.2) is 0 Å². The Hall–Kier alpha value is 0.354. The fourth-order valence-electron chi connectivity index (χ4n) is 3.55. The summed E-state index contributed by atoms with van der Waals surface area (Å²) in [5.41, 5.74) is 0. The van der Waals surface area contributed by atoms with E-state index in [1.165, 1.54) is 69.1 Å². The molecule has 112 valence electrons. The predicted octanol–water partition coefficient (Wildman–Crippen LogP) is 4.93. The summed E-state index contributed by atoms with van der Waals surface area (Å²) in [5, 5.41) is 0. The molecule has 0 atom stereocenters. The summed E-state index contributed by atoms with van der Waals surface area (Å²) in [4.78, 5) is 0. The summed E-state index contributed by atoms with van der Waals surface area (Å²) in [5.74, 6) is 0. The lowest BCUT2D eigenvalue weighted by atomic mass is 10.2. The molecule has 4 heteroatoms. The van der Waals surface area contributed by atoms with Crippen LogP contribution in [0.4, 0.5) is 0 Å². The standard InChI is InChI=1S/C15H32O2Si2/c1-18(12-6-7-13-18)16-10-4-3-5-11-17-19(2)14-8-9-15-19/h3-15H2,1-2H3. The fourth-order valence-corrected chi connectivity index (χ4v) is 9.90. The lowest BCUT2D eigenvalue weighted by Crippen LogP contribution is -2.31. The highest BCUT2D eigenvalue weighted by molar-refractivity contribution is 6.73. The zero-order valence-electron chi connectivity index (χ0n) is 13.0. The quantitative estimate of drug-likeness (QED) is 0.467. The number of rotatable bonds is 8. The van der Waals surface area contributed by atoms with Crippen LogP contribution in [0, 0.1) is 0 Å². The van der Waals surface area contributed by atoms with E-state index in [4.69, 9.17) is 8.85 Å². The summed E-state index contributed by atoms with van der Waals surface area (Å²) in [6.07, 6.45) is 9.43. The van der Waals surface area contributed by atoms with E-state index < -0.39 is 16.6 Å². The average molecular weight is 301 g/mol. The van der Waals surface area contributed by atoms with E-state index in [0.717, 1.165) is 13.2 Å². The first-order valence-corrected chi connectivity index (χ1v) is 14.0. The molecule has 2 saturated heterocycles. The Kier molecular flexibility index (Phi) is 6.12. The molecule has 0 aromatic carbocycles. The molecule has 0 amide bonds. The minimum Gasteiger partial charge on any atom is -0.417 e. The van der Waals surface area contributed by atoms with Crippen molar-refractivity contribution in [3.63, 3.8) is 0 Å². The smallest absolute Gasteiger partial charge is 0.189 e. The summed E-state index contributed by atoms with van der Waals surface area (Å²) in [7, 11) is -2.42. The van der Waals surface area contributed by atoms with Crippen molar-refractivity contribution in [2.75, 3.05) is 13.2 Å². The molecule has 0 N–H and O–H groups in total. The van der Waals surface area contributed by atoms with Crippen LogP contribution in [0.15, 0.2) is 0 Å². The van der Waals surface area contributed by atoms with Crippen LogP contribution in [0.2, 0.25) is 37.3 Å². The highest BCUT2D eigenvalue weighted by atomic mass is 28.4. The van der Waals surface area contributed by atoms with E-state index in [1.807, 2.05) is 0 Å².